The van der Waals surface area contributed by atoms with Gasteiger partial charge in [-0.25, -0.2) is 13.6 Å². The van der Waals surface area contributed by atoms with E-state index in [1.165, 1.54) is 24.3 Å². The molecular formula is C10H8F2O3. The van der Waals surface area contributed by atoms with Crippen molar-refractivity contribution in [2.24, 2.45) is 0 Å². The van der Waals surface area contributed by atoms with Gasteiger partial charge in [0, 0.05) is 5.56 Å². The Hall–Kier alpha value is -1.78. The molecule has 0 radical (unpaired) electrons. The summed E-state index contributed by atoms with van der Waals surface area (Å²) in [7, 11) is 1.12. The van der Waals surface area contributed by atoms with Crippen LogP contribution in [0.15, 0.2) is 24.3 Å². The van der Waals surface area contributed by atoms with Gasteiger partial charge >= 0.3 is 12.4 Å². The molecule has 0 saturated carbocycles. The van der Waals surface area contributed by atoms with Crippen LogP contribution >= 0.6 is 0 Å². The van der Waals surface area contributed by atoms with Crippen LogP contribution in [0.3, 0.4) is 0 Å². The van der Waals surface area contributed by atoms with Crippen molar-refractivity contribution in [2.45, 2.75) is 6.43 Å². The number of esters is 1. The maximum atomic E-state index is 12.2. The van der Waals surface area contributed by atoms with Crippen LogP contribution in [0, 0.1) is 0 Å². The molecule has 0 aromatic heterocycles. The van der Waals surface area contributed by atoms with E-state index in [1.807, 2.05) is 0 Å². The number of ether oxygens (including phenoxy) is 1. The molecule has 3 nitrogen and oxygen atoms in total. The fraction of sp³-hybridized carbons (Fsp3) is 0.200. The quantitative estimate of drug-likeness (QED) is 0.570. The molecule has 0 aliphatic heterocycles. The molecule has 0 fully saturated rings. The fourth-order valence-corrected chi connectivity index (χ4v) is 1.10. The smallest absolute Gasteiger partial charge is 0.338 e. The molecule has 15 heavy (non-hydrogen) atoms. The van der Waals surface area contributed by atoms with Crippen LogP contribution in [-0.2, 0) is 4.74 Å². The van der Waals surface area contributed by atoms with Gasteiger partial charge < -0.3 is 4.74 Å². The monoisotopic (exact) mass is 214 g/mol. The second kappa shape index (κ2) is 4.63. The Bertz CT molecular complexity index is 388. The van der Waals surface area contributed by atoms with E-state index in [2.05, 4.69) is 4.74 Å². The Labute approximate surface area is 84.7 Å². The number of methoxy groups -OCH3 is 1. The molecule has 0 bridgehead atoms. The molecule has 0 heterocycles. The average molecular weight is 214 g/mol. The van der Waals surface area contributed by atoms with Gasteiger partial charge in [0.05, 0.1) is 12.7 Å². The summed E-state index contributed by atoms with van der Waals surface area (Å²) < 4.78 is 28.7. The normalized spacial score (nSPS) is 10.1. The van der Waals surface area contributed by atoms with Gasteiger partial charge in [0.25, 0.3) is 0 Å². The van der Waals surface area contributed by atoms with Crippen LogP contribution in [0.4, 0.5) is 8.78 Å². The summed E-state index contributed by atoms with van der Waals surface area (Å²) in [5.41, 5.74) is -0.468. The third-order valence-corrected chi connectivity index (χ3v) is 1.80. The fourth-order valence-electron chi connectivity index (χ4n) is 1.10. The maximum Gasteiger partial charge on any atom is 0.338 e. The molecular weight excluding hydrogens is 206 g/mol. The highest BCUT2D eigenvalue weighted by atomic mass is 19.3. The van der Waals surface area contributed by atoms with Gasteiger partial charge in [-0.3, -0.25) is 4.79 Å². The molecule has 1 aromatic rings. The highest BCUT2D eigenvalue weighted by molar-refractivity contribution is 6.07. The number of alkyl halides is 2. The Morgan fingerprint density at radius 2 is 1.73 bits per heavy atom. The largest absolute Gasteiger partial charge is 0.465 e. The summed E-state index contributed by atoms with van der Waals surface area (Å²) in [5, 5.41) is 0. The lowest BCUT2D eigenvalue weighted by Crippen LogP contribution is -2.15. The third-order valence-electron chi connectivity index (χ3n) is 1.80. The topological polar surface area (TPSA) is 43.4 Å². The molecule has 0 atom stereocenters. The molecule has 0 aliphatic carbocycles. The lowest BCUT2D eigenvalue weighted by atomic mass is 10.0. The number of hydrogen-bond donors (Lipinski definition) is 0. The van der Waals surface area contributed by atoms with Crippen LogP contribution in [0.5, 0.6) is 0 Å². The van der Waals surface area contributed by atoms with Crippen molar-refractivity contribution in [3.8, 4) is 0 Å². The summed E-state index contributed by atoms with van der Waals surface area (Å²) in [6, 6.07) is 5.30. The minimum atomic E-state index is -3.13. The number of halogens is 2. The summed E-state index contributed by atoms with van der Waals surface area (Å²) in [6.07, 6.45) is -3.13. The first-order valence-electron chi connectivity index (χ1n) is 4.07. The molecule has 80 valence electrons. The zero-order valence-corrected chi connectivity index (χ0v) is 7.87. The van der Waals surface area contributed by atoms with Crippen molar-refractivity contribution < 1.29 is 23.1 Å². The molecule has 0 aliphatic rings. The Morgan fingerprint density at radius 1 is 1.20 bits per heavy atom. The van der Waals surface area contributed by atoms with Gasteiger partial charge in [-0.05, 0) is 6.07 Å². The zero-order chi connectivity index (χ0) is 11.4. The number of carbonyl (C=O) groups excluding carboxylic acids is 2. The van der Waals surface area contributed by atoms with Crippen LogP contribution in [0.2, 0.25) is 0 Å². The van der Waals surface area contributed by atoms with Gasteiger partial charge in [0.1, 0.15) is 0 Å². The van der Waals surface area contributed by atoms with Crippen LogP contribution in [-0.4, -0.2) is 25.3 Å². The van der Waals surface area contributed by atoms with Crippen molar-refractivity contribution in [1.29, 1.82) is 0 Å². The summed E-state index contributed by atoms with van der Waals surface area (Å²) in [5.74, 6) is -2.18. The lowest BCUT2D eigenvalue weighted by Gasteiger charge is -2.05. The number of Topliss-reactive ketones (excluding diaryl/α,β-unsaturated/α-hetero) is 1. The van der Waals surface area contributed by atoms with Crippen molar-refractivity contribution in [2.75, 3.05) is 7.11 Å². The molecule has 0 unspecified atom stereocenters. The Morgan fingerprint density at radius 3 is 2.20 bits per heavy atom. The number of carbonyl (C=O) groups is 2. The van der Waals surface area contributed by atoms with E-state index in [0.717, 1.165) is 7.11 Å². The molecule has 0 amide bonds. The highest BCUT2D eigenvalue weighted by Gasteiger charge is 2.23. The minimum absolute atomic E-state index is 0.148. The molecule has 0 N–H and O–H groups in total. The van der Waals surface area contributed by atoms with Crippen molar-refractivity contribution in [3.05, 3.63) is 35.4 Å². The SMILES string of the molecule is COC(=O)c1ccccc1C(=O)C(F)F. The molecule has 0 spiro atoms. The van der Waals surface area contributed by atoms with Gasteiger partial charge in [0.2, 0.25) is 5.78 Å². The summed E-state index contributed by atoms with van der Waals surface area (Å²) in [4.78, 5) is 22.2. The second-order valence-corrected chi connectivity index (χ2v) is 2.70. The second-order valence-electron chi connectivity index (χ2n) is 2.70. The number of benzene rings is 1. The maximum absolute atomic E-state index is 12.2. The van der Waals surface area contributed by atoms with Gasteiger partial charge in [0.15, 0.2) is 0 Å². The van der Waals surface area contributed by atoms with E-state index in [4.69, 9.17) is 0 Å². The molecule has 0 saturated heterocycles. The lowest BCUT2D eigenvalue weighted by molar-refractivity contribution is 0.0585. The highest BCUT2D eigenvalue weighted by Crippen LogP contribution is 2.14. The average Bonchev–Trinajstić information content (AvgIpc) is 2.27. The molecule has 5 heteroatoms. The summed E-state index contributed by atoms with van der Waals surface area (Å²) in [6.45, 7) is 0. The van der Waals surface area contributed by atoms with Crippen molar-refractivity contribution >= 4 is 11.8 Å². The first-order valence-corrected chi connectivity index (χ1v) is 4.07. The third kappa shape index (κ3) is 2.37. The predicted octanol–water partition coefficient (Wildman–Crippen LogP) is 1.92. The minimum Gasteiger partial charge on any atom is -0.465 e. The summed E-state index contributed by atoms with van der Waals surface area (Å²) >= 11 is 0. The van der Waals surface area contributed by atoms with E-state index in [0.29, 0.717) is 0 Å². The standard InChI is InChI=1S/C10H8F2O3/c1-15-10(14)7-5-3-2-4-6(7)8(13)9(11)12/h2-5,9H,1H3. The van der Waals surface area contributed by atoms with Gasteiger partial charge in [-0.1, -0.05) is 18.2 Å². The first kappa shape index (κ1) is 11.3. The van der Waals surface area contributed by atoms with Crippen molar-refractivity contribution in [1.82, 2.24) is 0 Å². The van der Waals surface area contributed by atoms with Crippen LogP contribution in [0.1, 0.15) is 20.7 Å². The van der Waals surface area contributed by atoms with Crippen LogP contribution < -0.4 is 0 Å². The van der Waals surface area contributed by atoms with E-state index < -0.39 is 18.2 Å². The molecule has 1 aromatic carbocycles. The van der Waals surface area contributed by atoms with E-state index in [1.54, 1.807) is 0 Å². The van der Waals surface area contributed by atoms with Crippen LogP contribution in [0.25, 0.3) is 0 Å². The van der Waals surface area contributed by atoms with E-state index in [-0.39, 0.29) is 11.1 Å². The number of rotatable bonds is 3. The Balaban J connectivity index is 3.18. The first-order chi connectivity index (χ1) is 7.07. The van der Waals surface area contributed by atoms with E-state index >= 15 is 0 Å². The van der Waals surface area contributed by atoms with Gasteiger partial charge in [-0.15, -0.1) is 0 Å². The predicted molar refractivity (Wildman–Crippen MR) is 48.1 cm³/mol. The zero-order valence-electron chi connectivity index (χ0n) is 7.87. The van der Waals surface area contributed by atoms with Gasteiger partial charge in [-0.2, -0.15) is 0 Å². The Kier molecular flexibility index (Phi) is 3.49. The van der Waals surface area contributed by atoms with Crippen molar-refractivity contribution in [3.63, 3.8) is 0 Å². The number of hydrogen-bond acceptors (Lipinski definition) is 3. The van der Waals surface area contributed by atoms with E-state index in [9.17, 15) is 18.4 Å². The number of ketones is 1. The molecule has 1 rings (SSSR count).